The number of carbonyl (C=O) groups excluding carboxylic acids is 3. The van der Waals surface area contributed by atoms with Crippen molar-refractivity contribution in [2.24, 2.45) is 5.16 Å². The SMILES string of the molecule is Cc1sc(N)nc1/C(=N/OC(C)C(=O)O)C(=O)N[C@@H]1C(=O)N(S(=O)(=O)O)[C@]12C[C@H]2NC(=O)CNCc1cc(=O)c(O)cn1O. The van der Waals surface area contributed by atoms with Gasteiger partial charge in [-0.2, -0.15) is 13.1 Å². The van der Waals surface area contributed by atoms with Crippen LogP contribution in [0.3, 0.4) is 0 Å². The number of nitrogens with two attached hydrogens (primary N) is 1. The summed E-state index contributed by atoms with van der Waals surface area (Å²) in [5.41, 5.74) is 2.49. The molecule has 1 unspecified atom stereocenters. The average molecular weight is 659 g/mol. The molecule has 238 valence electrons. The van der Waals surface area contributed by atoms with Gasteiger partial charge in [0.25, 0.3) is 11.8 Å². The van der Waals surface area contributed by atoms with Crippen molar-refractivity contribution in [3.8, 4) is 5.75 Å². The zero-order valence-corrected chi connectivity index (χ0v) is 24.4. The predicted octanol–water partition coefficient (Wildman–Crippen LogP) is -3.12. The van der Waals surface area contributed by atoms with Crippen LogP contribution in [0.5, 0.6) is 5.75 Å². The van der Waals surface area contributed by atoms with E-state index in [9.17, 15) is 47.3 Å². The lowest BCUT2D eigenvalue weighted by Gasteiger charge is -2.45. The fourth-order valence-corrected chi connectivity index (χ4v) is 6.29. The maximum atomic E-state index is 13.3. The van der Waals surface area contributed by atoms with Crippen LogP contribution in [0.25, 0.3) is 0 Å². The van der Waals surface area contributed by atoms with Crippen molar-refractivity contribution in [3.05, 3.63) is 38.8 Å². The predicted molar refractivity (Wildman–Crippen MR) is 147 cm³/mol. The van der Waals surface area contributed by atoms with E-state index in [1.807, 2.05) is 0 Å². The van der Waals surface area contributed by atoms with Gasteiger partial charge in [-0.25, -0.2) is 14.1 Å². The molecule has 2 aromatic rings. The molecule has 4 rings (SSSR count). The Kier molecular flexibility index (Phi) is 8.55. The van der Waals surface area contributed by atoms with Gasteiger partial charge >= 0.3 is 16.3 Å². The van der Waals surface area contributed by atoms with Gasteiger partial charge in [-0.05, 0) is 20.3 Å². The van der Waals surface area contributed by atoms with Gasteiger partial charge in [0, 0.05) is 17.5 Å². The van der Waals surface area contributed by atoms with Crippen molar-refractivity contribution in [1.82, 2.24) is 30.0 Å². The zero-order valence-electron chi connectivity index (χ0n) is 22.7. The Labute approximate surface area is 250 Å². The maximum Gasteiger partial charge on any atom is 0.362 e. The average Bonchev–Trinajstić information content (AvgIpc) is 3.52. The van der Waals surface area contributed by atoms with Crippen molar-refractivity contribution < 1.29 is 52.4 Å². The molecule has 20 nitrogen and oxygen atoms in total. The van der Waals surface area contributed by atoms with Gasteiger partial charge in [0.1, 0.15) is 17.3 Å². The van der Waals surface area contributed by atoms with Crippen molar-refractivity contribution in [1.29, 1.82) is 0 Å². The molecule has 9 N–H and O–H groups in total. The third kappa shape index (κ3) is 6.13. The van der Waals surface area contributed by atoms with Crippen LogP contribution in [0.15, 0.2) is 22.2 Å². The number of carboxylic acids is 1. The summed E-state index contributed by atoms with van der Waals surface area (Å²) in [5, 5.41) is 39.2. The number of aromatic nitrogens is 2. The fourth-order valence-electron chi connectivity index (χ4n) is 4.53. The number of hydrogen-bond acceptors (Lipinski definition) is 15. The lowest BCUT2D eigenvalue weighted by molar-refractivity contribution is -0.149. The Hall–Kier alpha value is -4.80. The first-order valence-electron chi connectivity index (χ1n) is 12.4. The minimum atomic E-state index is -5.13. The normalized spacial score (nSPS) is 21.8. The Morgan fingerprint density at radius 2 is 2.00 bits per heavy atom. The third-order valence-electron chi connectivity index (χ3n) is 6.72. The number of pyridine rings is 1. The number of nitrogens with zero attached hydrogens (tertiary/aromatic N) is 4. The van der Waals surface area contributed by atoms with E-state index in [4.69, 9.17) is 15.7 Å². The van der Waals surface area contributed by atoms with Crippen LogP contribution in [0.2, 0.25) is 0 Å². The van der Waals surface area contributed by atoms with E-state index >= 15 is 0 Å². The van der Waals surface area contributed by atoms with E-state index in [-0.39, 0.29) is 33.8 Å². The van der Waals surface area contributed by atoms with E-state index in [0.29, 0.717) is 9.61 Å². The highest BCUT2D eigenvalue weighted by Gasteiger charge is 2.78. The van der Waals surface area contributed by atoms with Gasteiger partial charge in [-0.15, -0.1) is 11.3 Å². The number of anilines is 1. The number of β-lactam (4-membered cyclic amide) rings is 1. The highest BCUT2D eigenvalue weighted by atomic mass is 32.2. The number of hydrogen-bond donors (Lipinski definition) is 8. The summed E-state index contributed by atoms with van der Waals surface area (Å²) in [4.78, 5) is 70.7. The summed E-state index contributed by atoms with van der Waals surface area (Å²) in [6.07, 6.45) is -0.930. The topological polar surface area (TPSA) is 305 Å². The monoisotopic (exact) mass is 658 g/mol. The number of nitrogens with one attached hydrogen (secondary N) is 3. The van der Waals surface area contributed by atoms with E-state index < -0.39 is 81.2 Å². The minimum Gasteiger partial charge on any atom is -0.503 e. The molecule has 2 aliphatic rings. The molecule has 3 amide bonds. The highest BCUT2D eigenvalue weighted by Crippen LogP contribution is 2.53. The first-order valence-corrected chi connectivity index (χ1v) is 14.6. The standard InChI is InChI=1S/C22H26N8O12S2/c1-8(20(36)37)42-28-16(15-9(2)43-21(23)26-15)18(34)27-17-19(35)30(44(39,40)41)22(17)4-13(22)25-14(33)6-24-5-10-3-11(31)12(32)7-29(10)38/h3,7-8,13,17,24,32,38H,4-6H2,1-2H3,(H2,23,26)(H,25,33)(H,27,34)(H,36,37)(H,39,40,41)/b28-16-/t8?,13-,17-,22+/m1/s1. The van der Waals surface area contributed by atoms with Crippen molar-refractivity contribution in [2.75, 3.05) is 12.3 Å². The minimum absolute atomic E-state index is 0.00436. The second-order valence-electron chi connectivity index (χ2n) is 9.75. The molecule has 1 aliphatic heterocycles. The smallest absolute Gasteiger partial charge is 0.362 e. The molecular formula is C22H26N8O12S2. The summed E-state index contributed by atoms with van der Waals surface area (Å²) in [5.74, 6) is -5.16. The number of aliphatic carboxylic acids is 1. The lowest BCUT2D eigenvalue weighted by atomic mass is 9.94. The molecular weight excluding hydrogens is 632 g/mol. The number of nitrogen functional groups attached to an aromatic ring is 1. The number of aryl methyl sites for hydroxylation is 1. The van der Waals surface area contributed by atoms with Gasteiger partial charge in [-0.1, -0.05) is 5.16 Å². The first-order chi connectivity index (χ1) is 20.5. The number of rotatable bonds is 12. The van der Waals surface area contributed by atoms with Crippen LogP contribution in [0.1, 0.15) is 29.6 Å². The van der Waals surface area contributed by atoms with E-state index in [0.717, 1.165) is 30.5 Å². The van der Waals surface area contributed by atoms with E-state index in [1.54, 1.807) is 0 Å². The molecule has 22 heteroatoms. The number of oxime groups is 1. The van der Waals surface area contributed by atoms with Gasteiger partial charge in [0.05, 0.1) is 24.5 Å². The molecule has 3 heterocycles. The van der Waals surface area contributed by atoms with Gasteiger partial charge in [0.2, 0.25) is 17.4 Å². The second kappa shape index (κ2) is 11.7. The number of carboxylic acid groups (broad SMARTS) is 1. The Balaban J connectivity index is 1.49. The molecule has 1 saturated heterocycles. The molecule has 2 fully saturated rings. The van der Waals surface area contributed by atoms with Crippen LogP contribution in [-0.4, -0.2) is 102 Å². The van der Waals surface area contributed by atoms with Gasteiger partial charge < -0.3 is 41.9 Å². The lowest BCUT2D eigenvalue weighted by Crippen LogP contribution is -2.76. The Bertz CT molecular complexity index is 1740. The molecule has 1 saturated carbocycles. The Morgan fingerprint density at radius 3 is 2.59 bits per heavy atom. The molecule has 44 heavy (non-hydrogen) atoms. The number of carbonyl (C=O) groups is 4. The van der Waals surface area contributed by atoms with Gasteiger partial charge in [-0.3, -0.25) is 23.7 Å². The zero-order chi connectivity index (χ0) is 32.7. The number of thiazole rings is 1. The van der Waals surface area contributed by atoms with Crippen molar-refractivity contribution >= 4 is 56.2 Å². The molecule has 0 bridgehead atoms. The molecule has 4 atom stereocenters. The molecule has 0 radical (unpaired) electrons. The Morgan fingerprint density at radius 1 is 1.32 bits per heavy atom. The maximum absolute atomic E-state index is 13.3. The molecule has 1 aliphatic carbocycles. The van der Waals surface area contributed by atoms with Crippen LogP contribution in [0, 0.1) is 6.92 Å². The van der Waals surface area contributed by atoms with Crippen LogP contribution < -0.4 is 27.1 Å². The third-order valence-corrected chi connectivity index (χ3v) is 8.51. The number of aromatic hydroxyl groups is 1. The van der Waals surface area contributed by atoms with Crippen molar-refractivity contribution in [3.63, 3.8) is 0 Å². The second-order valence-corrected chi connectivity index (χ2v) is 12.2. The first kappa shape index (κ1) is 32.1. The molecule has 1 spiro atoms. The van der Waals surface area contributed by atoms with Crippen molar-refractivity contribution in [2.45, 2.75) is 50.5 Å². The highest BCUT2D eigenvalue weighted by molar-refractivity contribution is 7.84. The van der Waals surface area contributed by atoms with Crippen LogP contribution in [-0.2, 0) is 40.9 Å². The molecule has 0 aromatic carbocycles. The summed E-state index contributed by atoms with van der Waals surface area (Å²) >= 11 is 0.976. The largest absolute Gasteiger partial charge is 0.503 e. The summed E-state index contributed by atoms with van der Waals surface area (Å²) in [6.45, 7) is 2.05. The molecule has 2 aromatic heterocycles. The van der Waals surface area contributed by atoms with E-state index in [2.05, 4.69) is 26.1 Å². The number of amides is 3. The summed E-state index contributed by atoms with van der Waals surface area (Å²) < 4.78 is 34.4. The fraction of sp³-hybridized carbons (Fsp3) is 0.409. The van der Waals surface area contributed by atoms with E-state index in [1.165, 1.54) is 6.92 Å². The summed E-state index contributed by atoms with van der Waals surface area (Å²) in [7, 11) is -5.13. The quantitative estimate of drug-likeness (QED) is 0.0368. The van der Waals surface area contributed by atoms with Gasteiger partial charge in [0.15, 0.2) is 16.6 Å². The van der Waals surface area contributed by atoms with Crippen LogP contribution >= 0.6 is 11.3 Å². The summed E-state index contributed by atoms with van der Waals surface area (Å²) in [6, 6.07) is -1.72. The van der Waals surface area contributed by atoms with Crippen LogP contribution in [0.4, 0.5) is 5.13 Å².